The number of benzene rings is 1. The van der Waals surface area contributed by atoms with Gasteiger partial charge < -0.3 is 10.0 Å². The van der Waals surface area contributed by atoms with Gasteiger partial charge >= 0.3 is 0 Å². The van der Waals surface area contributed by atoms with Crippen molar-refractivity contribution in [3.8, 4) is 5.75 Å². The topological polar surface area (TPSA) is 43.8 Å². The maximum absolute atomic E-state index is 12.4. The van der Waals surface area contributed by atoms with E-state index in [0.717, 1.165) is 13.1 Å². The summed E-state index contributed by atoms with van der Waals surface area (Å²) >= 11 is 6.03. The number of halogens is 1. The molecule has 1 fully saturated rings. The zero-order valence-electron chi connectivity index (χ0n) is 11.3. The average molecular weight is 283 g/mol. The third-order valence-corrected chi connectivity index (χ3v) is 3.97. The molecule has 104 valence electrons. The van der Waals surface area contributed by atoms with Crippen LogP contribution in [0.4, 0.5) is 0 Å². The molecule has 1 heterocycles. The van der Waals surface area contributed by atoms with Gasteiger partial charge in [0.1, 0.15) is 5.75 Å². The second-order valence-electron chi connectivity index (χ2n) is 4.89. The van der Waals surface area contributed by atoms with E-state index in [-0.39, 0.29) is 11.7 Å². The molecule has 0 aromatic heterocycles. The minimum atomic E-state index is -0.108. The first-order valence-electron chi connectivity index (χ1n) is 6.54. The van der Waals surface area contributed by atoms with Crippen LogP contribution in [0.1, 0.15) is 24.2 Å². The molecule has 1 aliphatic heterocycles. The highest BCUT2D eigenvalue weighted by Crippen LogP contribution is 2.23. The lowest BCUT2D eigenvalue weighted by molar-refractivity contribution is 0.0528. The molecule has 5 heteroatoms. The van der Waals surface area contributed by atoms with E-state index in [4.69, 9.17) is 11.6 Å². The van der Waals surface area contributed by atoms with Crippen LogP contribution in [0.5, 0.6) is 5.75 Å². The van der Waals surface area contributed by atoms with Gasteiger partial charge in [0.25, 0.3) is 5.91 Å². The van der Waals surface area contributed by atoms with Crippen molar-refractivity contribution >= 4 is 17.5 Å². The van der Waals surface area contributed by atoms with Crippen molar-refractivity contribution in [2.24, 2.45) is 0 Å². The Labute approximate surface area is 118 Å². The monoisotopic (exact) mass is 282 g/mol. The summed E-state index contributed by atoms with van der Waals surface area (Å²) in [5, 5.41) is 9.86. The lowest BCUT2D eigenvalue weighted by Crippen LogP contribution is -2.53. The lowest BCUT2D eigenvalue weighted by Gasteiger charge is -2.39. The van der Waals surface area contributed by atoms with Crippen molar-refractivity contribution in [3.05, 3.63) is 28.8 Å². The molecule has 1 amide bonds. The molecule has 1 aromatic carbocycles. The third kappa shape index (κ3) is 3.01. The van der Waals surface area contributed by atoms with Crippen molar-refractivity contribution in [2.75, 3.05) is 26.2 Å². The first kappa shape index (κ1) is 14.2. The van der Waals surface area contributed by atoms with Crippen LogP contribution >= 0.6 is 11.6 Å². The van der Waals surface area contributed by atoms with Crippen LogP contribution in [-0.4, -0.2) is 53.0 Å². The van der Waals surface area contributed by atoms with Gasteiger partial charge in [0.05, 0.1) is 10.6 Å². The highest BCUT2D eigenvalue weighted by Gasteiger charge is 2.27. The number of carbonyl (C=O) groups is 1. The lowest BCUT2D eigenvalue weighted by atomic mass is 10.1. The van der Waals surface area contributed by atoms with Crippen molar-refractivity contribution in [1.29, 1.82) is 0 Å². The number of rotatable bonds is 2. The maximum atomic E-state index is 12.4. The Balaban J connectivity index is 2.14. The summed E-state index contributed by atoms with van der Waals surface area (Å²) in [6.07, 6.45) is 0. The van der Waals surface area contributed by atoms with Gasteiger partial charge in [0.15, 0.2) is 0 Å². The van der Waals surface area contributed by atoms with Gasteiger partial charge in [-0.2, -0.15) is 0 Å². The second-order valence-corrected chi connectivity index (χ2v) is 5.30. The van der Waals surface area contributed by atoms with E-state index in [1.807, 2.05) is 0 Å². The minimum Gasteiger partial charge on any atom is -0.508 e. The van der Waals surface area contributed by atoms with Crippen LogP contribution in [0.2, 0.25) is 5.02 Å². The molecule has 0 radical (unpaired) electrons. The van der Waals surface area contributed by atoms with Crippen molar-refractivity contribution in [1.82, 2.24) is 9.80 Å². The summed E-state index contributed by atoms with van der Waals surface area (Å²) < 4.78 is 0. The fraction of sp³-hybridized carbons (Fsp3) is 0.500. The Morgan fingerprint density at radius 2 is 2.21 bits per heavy atom. The molecule has 1 aliphatic rings. The van der Waals surface area contributed by atoms with Gasteiger partial charge in [-0.15, -0.1) is 0 Å². The zero-order valence-corrected chi connectivity index (χ0v) is 12.0. The summed E-state index contributed by atoms with van der Waals surface area (Å²) in [5.41, 5.74) is 0.374. The maximum Gasteiger partial charge on any atom is 0.255 e. The van der Waals surface area contributed by atoms with Crippen LogP contribution < -0.4 is 0 Å². The number of hydrogen-bond donors (Lipinski definition) is 1. The highest BCUT2D eigenvalue weighted by molar-refractivity contribution is 6.33. The number of amides is 1. The SMILES string of the molecule is CCN1CCN(C(=O)c2cc(O)ccc2Cl)CC1C. The van der Waals surface area contributed by atoms with Crippen molar-refractivity contribution in [2.45, 2.75) is 19.9 Å². The molecule has 2 rings (SSSR count). The first-order chi connectivity index (χ1) is 9.02. The van der Waals surface area contributed by atoms with Crippen LogP contribution in [0, 0.1) is 0 Å². The molecule has 1 atom stereocenters. The quantitative estimate of drug-likeness (QED) is 0.904. The van der Waals surface area contributed by atoms with Crippen LogP contribution in [0.15, 0.2) is 18.2 Å². The van der Waals surface area contributed by atoms with E-state index >= 15 is 0 Å². The summed E-state index contributed by atoms with van der Waals surface area (Å²) in [6, 6.07) is 4.81. The number of aromatic hydroxyl groups is 1. The van der Waals surface area contributed by atoms with Gasteiger partial charge in [-0.3, -0.25) is 9.69 Å². The summed E-state index contributed by atoms with van der Waals surface area (Å²) in [7, 11) is 0. The number of phenolic OH excluding ortho intramolecular Hbond substituents is 1. The van der Waals surface area contributed by atoms with Gasteiger partial charge in [-0.1, -0.05) is 18.5 Å². The van der Waals surface area contributed by atoms with Gasteiger partial charge in [0.2, 0.25) is 0 Å². The molecule has 1 aromatic rings. The molecule has 0 bridgehead atoms. The Morgan fingerprint density at radius 1 is 1.47 bits per heavy atom. The molecule has 0 spiro atoms. The average Bonchev–Trinajstić information content (AvgIpc) is 2.40. The van der Waals surface area contributed by atoms with E-state index in [1.165, 1.54) is 12.1 Å². The van der Waals surface area contributed by atoms with Gasteiger partial charge in [-0.25, -0.2) is 0 Å². The molecule has 19 heavy (non-hydrogen) atoms. The number of nitrogens with zero attached hydrogens (tertiary/aromatic N) is 2. The molecule has 0 aliphatic carbocycles. The predicted molar refractivity (Wildman–Crippen MR) is 75.7 cm³/mol. The number of likely N-dealkylation sites (N-methyl/N-ethyl adjacent to an activating group) is 1. The standard InChI is InChI=1S/C14H19ClN2O2/c1-3-16-6-7-17(9-10(16)2)14(19)12-8-11(18)4-5-13(12)15/h4-5,8,10,18H,3,6-7,9H2,1-2H3. The smallest absolute Gasteiger partial charge is 0.255 e. The van der Waals surface area contributed by atoms with Crippen molar-refractivity contribution < 1.29 is 9.90 Å². The fourth-order valence-corrected chi connectivity index (χ4v) is 2.70. The predicted octanol–water partition coefficient (Wildman–Crippen LogP) is 2.21. The summed E-state index contributed by atoms with van der Waals surface area (Å²) in [6.45, 7) is 7.50. The Hall–Kier alpha value is -1.26. The molecular weight excluding hydrogens is 264 g/mol. The fourth-order valence-electron chi connectivity index (χ4n) is 2.50. The zero-order chi connectivity index (χ0) is 14.0. The molecule has 0 saturated carbocycles. The number of carbonyl (C=O) groups excluding carboxylic acids is 1. The highest BCUT2D eigenvalue weighted by atomic mass is 35.5. The molecular formula is C14H19ClN2O2. The van der Waals surface area contributed by atoms with Crippen molar-refractivity contribution in [3.63, 3.8) is 0 Å². The Morgan fingerprint density at radius 3 is 2.84 bits per heavy atom. The van der Waals surface area contributed by atoms with E-state index in [9.17, 15) is 9.90 Å². The minimum absolute atomic E-state index is 0.0630. The van der Waals surface area contributed by atoms with Gasteiger partial charge in [0, 0.05) is 25.7 Å². The second kappa shape index (κ2) is 5.80. The summed E-state index contributed by atoms with van der Waals surface area (Å²) in [4.78, 5) is 16.6. The van der Waals surface area contributed by atoms with Crippen LogP contribution in [0.3, 0.4) is 0 Å². The number of piperazine rings is 1. The van der Waals surface area contributed by atoms with E-state index in [1.54, 1.807) is 11.0 Å². The molecule has 4 nitrogen and oxygen atoms in total. The number of hydrogen-bond acceptors (Lipinski definition) is 3. The van der Waals surface area contributed by atoms with Gasteiger partial charge in [-0.05, 0) is 31.7 Å². The summed E-state index contributed by atoms with van der Waals surface area (Å²) in [5.74, 6) is -0.0449. The third-order valence-electron chi connectivity index (χ3n) is 3.64. The Bertz CT molecular complexity index is 479. The van der Waals surface area contributed by atoms with Crippen LogP contribution in [-0.2, 0) is 0 Å². The van der Waals surface area contributed by atoms with E-state index in [2.05, 4.69) is 18.7 Å². The van der Waals surface area contributed by atoms with E-state index in [0.29, 0.717) is 29.7 Å². The van der Waals surface area contributed by atoms with E-state index < -0.39 is 0 Å². The normalized spacial score (nSPS) is 20.6. The molecule has 1 N–H and O–H groups in total. The number of phenols is 1. The Kier molecular flexibility index (Phi) is 4.32. The molecule has 1 unspecified atom stereocenters. The van der Waals surface area contributed by atoms with Crippen LogP contribution in [0.25, 0.3) is 0 Å². The largest absolute Gasteiger partial charge is 0.508 e. The molecule has 1 saturated heterocycles. The first-order valence-corrected chi connectivity index (χ1v) is 6.92.